The van der Waals surface area contributed by atoms with Crippen molar-refractivity contribution in [3.8, 4) is 0 Å². The number of alkyl halides is 3. The zero-order chi connectivity index (χ0) is 18.7. The van der Waals surface area contributed by atoms with Crippen LogP contribution < -0.4 is 10.6 Å². The summed E-state index contributed by atoms with van der Waals surface area (Å²) in [6, 6.07) is 5.44. The molecule has 0 saturated carbocycles. The Hall–Kier alpha value is -1.76. The second-order valence-electron chi connectivity index (χ2n) is 7.29. The Morgan fingerprint density at radius 1 is 1.19 bits per heavy atom. The molecular formula is C19H26F3N3O. The Bertz CT molecular complexity index is 621. The highest BCUT2D eigenvalue weighted by atomic mass is 19.4. The van der Waals surface area contributed by atoms with Gasteiger partial charge in [0.2, 0.25) is 0 Å². The first kappa shape index (κ1) is 19.0. The maximum Gasteiger partial charge on any atom is 0.418 e. The summed E-state index contributed by atoms with van der Waals surface area (Å²) >= 11 is 0. The summed E-state index contributed by atoms with van der Waals surface area (Å²) in [7, 11) is 0. The highest BCUT2D eigenvalue weighted by Crippen LogP contribution is 2.35. The van der Waals surface area contributed by atoms with Crippen molar-refractivity contribution < 1.29 is 18.0 Å². The number of fused-ring (bicyclic) bond motifs is 2. The topological polar surface area (TPSA) is 44.4 Å². The molecule has 2 fully saturated rings. The molecule has 4 nitrogen and oxygen atoms in total. The van der Waals surface area contributed by atoms with Gasteiger partial charge in [-0.2, -0.15) is 13.2 Å². The fourth-order valence-corrected chi connectivity index (χ4v) is 4.40. The van der Waals surface area contributed by atoms with E-state index in [1.165, 1.54) is 24.6 Å². The average Bonchev–Trinajstić information content (AvgIpc) is 2.55. The van der Waals surface area contributed by atoms with Gasteiger partial charge in [-0.05, 0) is 50.8 Å². The van der Waals surface area contributed by atoms with Crippen molar-refractivity contribution in [2.45, 2.75) is 69.8 Å². The van der Waals surface area contributed by atoms with E-state index in [1.807, 2.05) is 0 Å². The van der Waals surface area contributed by atoms with Gasteiger partial charge in [0.1, 0.15) is 0 Å². The van der Waals surface area contributed by atoms with Crippen molar-refractivity contribution in [3.63, 3.8) is 0 Å². The van der Waals surface area contributed by atoms with Crippen LogP contribution in [0.4, 0.5) is 23.7 Å². The van der Waals surface area contributed by atoms with E-state index in [4.69, 9.17) is 0 Å². The molecule has 2 heterocycles. The molecule has 0 aliphatic carbocycles. The number of carbonyl (C=O) groups excluding carboxylic acids is 1. The molecule has 2 atom stereocenters. The maximum atomic E-state index is 13.1. The second kappa shape index (κ2) is 7.86. The molecule has 2 bridgehead atoms. The lowest BCUT2D eigenvalue weighted by atomic mass is 9.81. The molecule has 0 unspecified atom stereocenters. The number of para-hydroxylation sites is 1. The molecule has 2 amide bonds. The fraction of sp³-hybridized carbons (Fsp3) is 0.632. The third-order valence-electron chi connectivity index (χ3n) is 5.42. The van der Waals surface area contributed by atoms with Gasteiger partial charge in [-0.25, -0.2) is 4.79 Å². The quantitative estimate of drug-likeness (QED) is 0.813. The summed E-state index contributed by atoms with van der Waals surface area (Å²) in [6.07, 6.45) is 1.83. The number of urea groups is 1. The van der Waals surface area contributed by atoms with E-state index in [-0.39, 0.29) is 11.7 Å². The molecule has 0 radical (unpaired) electrons. The van der Waals surface area contributed by atoms with Gasteiger partial charge in [0.25, 0.3) is 0 Å². The molecule has 2 saturated heterocycles. The molecule has 2 N–H and O–H groups in total. The van der Waals surface area contributed by atoms with Gasteiger partial charge in [0, 0.05) is 18.1 Å². The molecular weight excluding hydrogens is 343 g/mol. The SMILES string of the molecule is CCCN1[C@@H]2CCC[C@@H]1CC(NC(=O)Nc1ccccc1C(F)(F)F)C2. The minimum Gasteiger partial charge on any atom is -0.335 e. The van der Waals surface area contributed by atoms with Crippen LogP contribution >= 0.6 is 0 Å². The molecule has 2 aliphatic rings. The first-order chi connectivity index (χ1) is 12.4. The normalized spacial score (nSPS) is 26.4. The van der Waals surface area contributed by atoms with Crippen LogP contribution in [-0.2, 0) is 6.18 Å². The Kier molecular flexibility index (Phi) is 5.75. The van der Waals surface area contributed by atoms with E-state index in [0.717, 1.165) is 44.7 Å². The van der Waals surface area contributed by atoms with Crippen LogP contribution in [0.2, 0.25) is 0 Å². The van der Waals surface area contributed by atoms with Gasteiger partial charge in [-0.3, -0.25) is 4.90 Å². The third-order valence-corrected chi connectivity index (χ3v) is 5.42. The van der Waals surface area contributed by atoms with E-state index in [1.54, 1.807) is 0 Å². The van der Waals surface area contributed by atoms with Crippen molar-refractivity contribution >= 4 is 11.7 Å². The van der Waals surface area contributed by atoms with Crippen molar-refractivity contribution in [2.75, 3.05) is 11.9 Å². The van der Waals surface area contributed by atoms with Crippen molar-refractivity contribution in [2.24, 2.45) is 0 Å². The molecule has 3 rings (SSSR count). The predicted octanol–water partition coefficient (Wildman–Crippen LogP) is 4.62. The summed E-state index contributed by atoms with van der Waals surface area (Å²) < 4.78 is 39.2. The van der Waals surface area contributed by atoms with Gasteiger partial charge in [0.15, 0.2) is 0 Å². The number of piperidine rings is 2. The lowest BCUT2D eigenvalue weighted by Gasteiger charge is -2.49. The Labute approximate surface area is 152 Å². The lowest BCUT2D eigenvalue weighted by molar-refractivity contribution is -0.136. The number of amides is 2. The number of carbonyl (C=O) groups is 1. The zero-order valence-corrected chi connectivity index (χ0v) is 15.0. The summed E-state index contributed by atoms with van der Waals surface area (Å²) in [5.74, 6) is 0. The number of halogens is 3. The average molecular weight is 369 g/mol. The number of nitrogens with zero attached hydrogens (tertiary/aromatic N) is 1. The van der Waals surface area contributed by atoms with Crippen LogP contribution in [0.25, 0.3) is 0 Å². The Morgan fingerprint density at radius 2 is 1.85 bits per heavy atom. The van der Waals surface area contributed by atoms with Crippen molar-refractivity contribution in [1.29, 1.82) is 0 Å². The third kappa shape index (κ3) is 4.31. The second-order valence-corrected chi connectivity index (χ2v) is 7.29. The largest absolute Gasteiger partial charge is 0.418 e. The van der Waals surface area contributed by atoms with Gasteiger partial charge in [-0.1, -0.05) is 25.5 Å². The van der Waals surface area contributed by atoms with Gasteiger partial charge >= 0.3 is 12.2 Å². The summed E-state index contributed by atoms with van der Waals surface area (Å²) in [4.78, 5) is 14.8. The first-order valence-corrected chi connectivity index (χ1v) is 9.38. The van der Waals surface area contributed by atoms with Crippen molar-refractivity contribution in [1.82, 2.24) is 10.2 Å². The molecule has 2 aliphatic heterocycles. The van der Waals surface area contributed by atoms with Crippen LogP contribution in [0.1, 0.15) is 51.0 Å². The molecule has 1 aromatic carbocycles. The zero-order valence-electron chi connectivity index (χ0n) is 15.0. The van der Waals surface area contributed by atoms with Gasteiger partial charge < -0.3 is 10.6 Å². The number of nitrogens with one attached hydrogen (secondary N) is 2. The minimum absolute atomic E-state index is 0.0106. The highest BCUT2D eigenvalue weighted by molar-refractivity contribution is 5.90. The molecule has 0 aromatic heterocycles. The number of hydrogen-bond acceptors (Lipinski definition) is 2. The van der Waals surface area contributed by atoms with Gasteiger partial charge in [0.05, 0.1) is 11.3 Å². The minimum atomic E-state index is -4.49. The first-order valence-electron chi connectivity index (χ1n) is 9.38. The summed E-state index contributed by atoms with van der Waals surface area (Å²) in [5, 5.41) is 5.28. The van der Waals surface area contributed by atoms with E-state index in [2.05, 4.69) is 22.5 Å². The predicted molar refractivity (Wildman–Crippen MR) is 95.0 cm³/mol. The Morgan fingerprint density at radius 3 is 2.46 bits per heavy atom. The summed E-state index contributed by atoms with van der Waals surface area (Å²) in [6.45, 7) is 3.25. The van der Waals surface area contributed by atoms with Crippen LogP contribution in [0.3, 0.4) is 0 Å². The number of hydrogen-bond donors (Lipinski definition) is 2. The lowest BCUT2D eigenvalue weighted by Crippen LogP contribution is -2.57. The van der Waals surface area contributed by atoms with E-state index in [0.29, 0.717) is 12.1 Å². The van der Waals surface area contributed by atoms with Crippen LogP contribution in [0.15, 0.2) is 24.3 Å². The smallest absolute Gasteiger partial charge is 0.335 e. The molecule has 7 heteroatoms. The van der Waals surface area contributed by atoms with Crippen LogP contribution in [-0.4, -0.2) is 35.6 Å². The molecule has 0 spiro atoms. The van der Waals surface area contributed by atoms with E-state index < -0.39 is 17.8 Å². The van der Waals surface area contributed by atoms with E-state index >= 15 is 0 Å². The monoisotopic (exact) mass is 369 g/mol. The number of benzene rings is 1. The molecule has 1 aromatic rings. The maximum absolute atomic E-state index is 13.1. The highest BCUT2D eigenvalue weighted by Gasteiger charge is 2.38. The number of rotatable bonds is 4. The number of anilines is 1. The van der Waals surface area contributed by atoms with Crippen LogP contribution in [0, 0.1) is 0 Å². The standard InChI is InChI=1S/C19H26F3N3O/c1-2-10-25-14-6-5-7-15(25)12-13(11-14)23-18(26)24-17-9-4-3-8-16(17)19(20,21)22/h3-4,8-9,13-15H,2,5-7,10-12H2,1H3,(H2,23,24,26)/t14-,15-/m1/s1. The molecule has 26 heavy (non-hydrogen) atoms. The molecule has 144 valence electrons. The van der Waals surface area contributed by atoms with Crippen molar-refractivity contribution in [3.05, 3.63) is 29.8 Å². The van der Waals surface area contributed by atoms with E-state index in [9.17, 15) is 18.0 Å². The fourth-order valence-electron chi connectivity index (χ4n) is 4.40. The Balaban J connectivity index is 1.62. The van der Waals surface area contributed by atoms with Gasteiger partial charge in [-0.15, -0.1) is 0 Å². The van der Waals surface area contributed by atoms with Crippen LogP contribution in [0.5, 0.6) is 0 Å². The summed E-state index contributed by atoms with van der Waals surface area (Å²) in [5.41, 5.74) is -1.04.